The summed E-state index contributed by atoms with van der Waals surface area (Å²) in [6, 6.07) is 4.56. The van der Waals surface area contributed by atoms with Gasteiger partial charge in [0.2, 0.25) is 0 Å². The van der Waals surface area contributed by atoms with Gasteiger partial charge in [-0.3, -0.25) is 4.57 Å². The molecule has 0 fully saturated rings. The van der Waals surface area contributed by atoms with E-state index >= 15 is 0 Å². The Morgan fingerprint density at radius 3 is 2.68 bits per heavy atom. The third-order valence-corrected chi connectivity index (χ3v) is 2.88. The Kier molecular flexibility index (Phi) is 3.54. The molecule has 0 N–H and O–H groups in total. The van der Waals surface area contributed by atoms with Crippen LogP contribution in [0.2, 0.25) is 0 Å². The molecule has 0 aliphatic rings. The quantitative estimate of drug-likeness (QED) is 0.731. The van der Waals surface area contributed by atoms with Crippen molar-refractivity contribution in [3.63, 3.8) is 0 Å². The molecule has 0 spiro atoms. The molecular weight excluding hydrogens is 269 g/mol. The van der Waals surface area contributed by atoms with Crippen molar-refractivity contribution in [3.05, 3.63) is 35.8 Å². The minimum atomic E-state index is -0.609. The molecule has 19 heavy (non-hydrogen) atoms. The van der Waals surface area contributed by atoms with Crippen LogP contribution in [0.15, 0.2) is 24.4 Å². The third kappa shape index (κ3) is 2.73. The molecule has 0 saturated heterocycles. The van der Waals surface area contributed by atoms with Gasteiger partial charge in [-0.2, -0.15) is 0 Å². The maximum Gasteiger partial charge on any atom is 0.419 e. The van der Waals surface area contributed by atoms with Gasteiger partial charge in [0, 0.05) is 17.5 Å². The average Bonchev–Trinajstić information content (AvgIpc) is 2.67. The number of benzene rings is 1. The second kappa shape index (κ2) is 4.85. The SMILES string of the molecule is CC(C)(C)OC(=O)n1cc(CCl)c2c(F)cccc21. The molecule has 5 heteroatoms. The zero-order valence-corrected chi connectivity index (χ0v) is 11.8. The Hall–Kier alpha value is -1.55. The molecule has 1 aromatic heterocycles. The molecule has 0 aliphatic heterocycles. The van der Waals surface area contributed by atoms with E-state index in [1.807, 2.05) is 0 Å². The summed E-state index contributed by atoms with van der Waals surface area (Å²) in [5.41, 5.74) is 0.424. The summed E-state index contributed by atoms with van der Waals surface area (Å²) in [6.07, 6.45) is 0.980. The summed E-state index contributed by atoms with van der Waals surface area (Å²) in [5, 5.41) is 0.364. The Bertz CT molecular complexity index is 628. The van der Waals surface area contributed by atoms with E-state index in [0.717, 1.165) is 0 Å². The molecule has 2 rings (SSSR count). The number of carbonyl (C=O) groups is 1. The summed E-state index contributed by atoms with van der Waals surface area (Å²) >= 11 is 5.80. The normalized spacial score (nSPS) is 11.8. The van der Waals surface area contributed by atoms with Crippen LogP contribution in [0.25, 0.3) is 10.9 Å². The number of hydrogen-bond donors (Lipinski definition) is 0. The molecule has 1 heterocycles. The van der Waals surface area contributed by atoms with Gasteiger partial charge in [0.05, 0.1) is 5.52 Å². The average molecular weight is 284 g/mol. The minimum absolute atomic E-state index is 0.132. The van der Waals surface area contributed by atoms with Crippen LogP contribution in [-0.4, -0.2) is 16.3 Å². The monoisotopic (exact) mass is 283 g/mol. The van der Waals surface area contributed by atoms with E-state index < -0.39 is 17.5 Å². The van der Waals surface area contributed by atoms with Gasteiger partial charge in [0.1, 0.15) is 11.4 Å². The van der Waals surface area contributed by atoms with E-state index in [-0.39, 0.29) is 5.88 Å². The van der Waals surface area contributed by atoms with Gasteiger partial charge in [0.15, 0.2) is 0 Å². The Labute approximate surface area is 115 Å². The van der Waals surface area contributed by atoms with Crippen LogP contribution >= 0.6 is 11.6 Å². The number of aromatic nitrogens is 1. The number of nitrogens with zero attached hydrogens (tertiary/aromatic N) is 1. The lowest BCUT2D eigenvalue weighted by molar-refractivity contribution is 0.0544. The molecule has 0 atom stereocenters. The first-order valence-corrected chi connectivity index (χ1v) is 6.44. The van der Waals surface area contributed by atoms with Gasteiger partial charge in [-0.25, -0.2) is 9.18 Å². The van der Waals surface area contributed by atoms with Crippen molar-refractivity contribution in [2.45, 2.75) is 32.3 Å². The van der Waals surface area contributed by atoms with Crippen LogP contribution in [0.5, 0.6) is 0 Å². The lowest BCUT2D eigenvalue weighted by Crippen LogP contribution is -2.26. The minimum Gasteiger partial charge on any atom is -0.443 e. The number of ether oxygens (including phenoxy) is 1. The lowest BCUT2D eigenvalue weighted by Gasteiger charge is -2.19. The van der Waals surface area contributed by atoms with E-state index in [4.69, 9.17) is 16.3 Å². The molecule has 3 nitrogen and oxygen atoms in total. The maximum absolute atomic E-state index is 13.8. The number of carbonyl (C=O) groups excluding carboxylic acids is 1. The summed E-state index contributed by atoms with van der Waals surface area (Å²) < 4.78 is 20.4. The van der Waals surface area contributed by atoms with Gasteiger partial charge in [-0.05, 0) is 38.5 Å². The molecule has 0 radical (unpaired) electrons. The molecule has 0 unspecified atom stereocenters. The van der Waals surface area contributed by atoms with Gasteiger partial charge >= 0.3 is 6.09 Å². The van der Waals surface area contributed by atoms with Crippen molar-refractivity contribution in [2.24, 2.45) is 0 Å². The largest absolute Gasteiger partial charge is 0.443 e. The van der Waals surface area contributed by atoms with Crippen molar-refractivity contribution < 1.29 is 13.9 Å². The number of halogens is 2. The topological polar surface area (TPSA) is 31.2 Å². The highest BCUT2D eigenvalue weighted by Crippen LogP contribution is 2.26. The number of rotatable bonds is 1. The number of fused-ring (bicyclic) bond motifs is 1. The smallest absolute Gasteiger partial charge is 0.419 e. The summed E-state index contributed by atoms with van der Waals surface area (Å²) in [5.74, 6) is -0.261. The standard InChI is InChI=1S/C14H15ClFNO2/c1-14(2,3)19-13(18)17-8-9(7-15)12-10(16)5-4-6-11(12)17/h4-6,8H,7H2,1-3H3. The van der Waals surface area contributed by atoms with E-state index in [0.29, 0.717) is 16.5 Å². The zero-order chi connectivity index (χ0) is 14.2. The number of hydrogen-bond acceptors (Lipinski definition) is 2. The fourth-order valence-electron chi connectivity index (χ4n) is 1.88. The molecule has 0 aliphatic carbocycles. The van der Waals surface area contributed by atoms with E-state index in [1.165, 1.54) is 16.8 Å². The maximum atomic E-state index is 13.8. The fourth-order valence-corrected chi connectivity index (χ4v) is 2.09. The summed E-state index contributed by atoms with van der Waals surface area (Å²) in [4.78, 5) is 12.1. The van der Waals surface area contributed by atoms with Crippen LogP contribution < -0.4 is 0 Å². The van der Waals surface area contributed by atoms with Crippen LogP contribution in [0.3, 0.4) is 0 Å². The first-order valence-electron chi connectivity index (χ1n) is 5.91. The van der Waals surface area contributed by atoms with Crippen molar-refractivity contribution in [3.8, 4) is 0 Å². The number of alkyl halides is 1. The summed E-state index contributed by atoms with van der Waals surface area (Å²) in [7, 11) is 0. The van der Waals surface area contributed by atoms with Crippen LogP contribution in [0.1, 0.15) is 26.3 Å². The Morgan fingerprint density at radius 2 is 2.11 bits per heavy atom. The van der Waals surface area contributed by atoms with Crippen LogP contribution in [-0.2, 0) is 10.6 Å². The van der Waals surface area contributed by atoms with Crippen molar-refractivity contribution >= 4 is 28.6 Å². The van der Waals surface area contributed by atoms with Gasteiger partial charge in [0.25, 0.3) is 0 Å². The molecule has 102 valence electrons. The highest BCUT2D eigenvalue weighted by molar-refractivity contribution is 6.18. The van der Waals surface area contributed by atoms with Crippen molar-refractivity contribution in [1.29, 1.82) is 0 Å². The lowest BCUT2D eigenvalue weighted by atomic mass is 10.2. The van der Waals surface area contributed by atoms with E-state index in [2.05, 4.69) is 0 Å². The highest BCUT2D eigenvalue weighted by Gasteiger charge is 2.21. The molecule has 1 aromatic carbocycles. The zero-order valence-electron chi connectivity index (χ0n) is 11.0. The predicted octanol–water partition coefficient (Wildman–Crippen LogP) is 4.30. The van der Waals surface area contributed by atoms with E-state index in [9.17, 15) is 9.18 Å². The van der Waals surface area contributed by atoms with Gasteiger partial charge < -0.3 is 4.74 Å². The van der Waals surface area contributed by atoms with Crippen molar-refractivity contribution in [2.75, 3.05) is 0 Å². The predicted molar refractivity (Wildman–Crippen MR) is 73.1 cm³/mol. The second-order valence-electron chi connectivity index (χ2n) is 5.27. The summed E-state index contributed by atoms with van der Waals surface area (Å²) in [6.45, 7) is 5.33. The Morgan fingerprint density at radius 1 is 1.42 bits per heavy atom. The first-order chi connectivity index (χ1) is 8.83. The second-order valence-corrected chi connectivity index (χ2v) is 5.54. The highest BCUT2D eigenvalue weighted by atomic mass is 35.5. The molecule has 0 saturated carbocycles. The van der Waals surface area contributed by atoms with Gasteiger partial charge in [-0.15, -0.1) is 11.6 Å². The van der Waals surface area contributed by atoms with Crippen molar-refractivity contribution in [1.82, 2.24) is 4.57 Å². The van der Waals surface area contributed by atoms with Crippen LogP contribution in [0, 0.1) is 5.82 Å². The Balaban J connectivity index is 2.56. The molecule has 0 bridgehead atoms. The van der Waals surface area contributed by atoms with E-state index in [1.54, 1.807) is 32.9 Å². The molecule has 0 amide bonds. The molecular formula is C14H15ClFNO2. The fraction of sp³-hybridized carbons (Fsp3) is 0.357. The third-order valence-electron chi connectivity index (χ3n) is 2.59. The molecule has 2 aromatic rings. The van der Waals surface area contributed by atoms with Gasteiger partial charge in [-0.1, -0.05) is 6.07 Å². The first kappa shape index (κ1) is 13.9. The van der Waals surface area contributed by atoms with Crippen LogP contribution in [0.4, 0.5) is 9.18 Å².